The summed E-state index contributed by atoms with van der Waals surface area (Å²) in [6.07, 6.45) is 2.12. The first-order valence-corrected chi connectivity index (χ1v) is 9.38. The number of fused-ring (bicyclic) bond motifs is 3. The quantitative estimate of drug-likeness (QED) is 0.877. The summed E-state index contributed by atoms with van der Waals surface area (Å²) in [5, 5.41) is 9.95. The number of carboxylic acid groups (broad SMARTS) is 1. The van der Waals surface area contributed by atoms with Crippen LogP contribution < -0.4 is 0 Å². The molecule has 1 aromatic heterocycles. The standard InChI is InChI=1S/C16H20N2O4S/c1-2-3-8-23(21,22)18-7-6-15-13(10-18)12-9-11(16(19)20)4-5-14(12)17-15/h4-5,9,17H,2-3,6-8,10H2,1H3,(H,19,20). The fourth-order valence-corrected chi connectivity index (χ4v) is 4.62. The lowest BCUT2D eigenvalue weighted by atomic mass is 10.0. The van der Waals surface area contributed by atoms with Crippen molar-refractivity contribution in [3.8, 4) is 0 Å². The maximum atomic E-state index is 12.4. The highest BCUT2D eigenvalue weighted by molar-refractivity contribution is 7.89. The Morgan fingerprint density at radius 2 is 2.17 bits per heavy atom. The molecule has 0 radical (unpaired) electrons. The van der Waals surface area contributed by atoms with Crippen molar-refractivity contribution in [3.63, 3.8) is 0 Å². The topological polar surface area (TPSA) is 90.5 Å². The van der Waals surface area contributed by atoms with E-state index in [1.54, 1.807) is 18.2 Å². The summed E-state index contributed by atoms with van der Waals surface area (Å²) in [6, 6.07) is 4.92. The molecule has 0 unspecified atom stereocenters. The smallest absolute Gasteiger partial charge is 0.335 e. The maximum absolute atomic E-state index is 12.4. The van der Waals surface area contributed by atoms with Crippen LogP contribution in [0, 0.1) is 0 Å². The first-order chi connectivity index (χ1) is 10.9. The molecule has 2 aromatic rings. The van der Waals surface area contributed by atoms with Gasteiger partial charge in [-0.15, -0.1) is 0 Å². The lowest BCUT2D eigenvalue weighted by molar-refractivity contribution is 0.0697. The van der Waals surface area contributed by atoms with E-state index in [-0.39, 0.29) is 11.3 Å². The second kappa shape index (κ2) is 5.98. The molecule has 0 saturated heterocycles. The summed E-state index contributed by atoms with van der Waals surface area (Å²) < 4.78 is 26.3. The summed E-state index contributed by atoms with van der Waals surface area (Å²) >= 11 is 0. The molecule has 0 atom stereocenters. The van der Waals surface area contributed by atoms with Gasteiger partial charge in [-0.3, -0.25) is 0 Å². The number of sulfonamides is 1. The van der Waals surface area contributed by atoms with E-state index in [4.69, 9.17) is 5.11 Å². The summed E-state index contributed by atoms with van der Waals surface area (Å²) in [5.74, 6) is -0.813. The number of aromatic amines is 1. The lowest BCUT2D eigenvalue weighted by Crippen LogP contribution is -2.37. The van der Waals surface area contributed by atoms with E-state index >= 15 is 0 Å². The number of hydrogen-bond acceptors (Lipinski definition) is 3. The van der Waals surface area contributed by atoms with E-state index in [1.165, 1.54) is 4.31 Å². The fraction of sp³-hybridized carbons (Fsp3) is 0.438. The molecule has 1 aliphatic rings. The van der Waals surface area contributed by atoms with Crippen LogP contribution in [0.15, 0.2) is 18.2 Å². The second-order valence-electron chi connectivity index (χ2n) is 5.90. The van der Waals surface area contributed by atoms with E-state index in [9.17, 15) is 13.2 Å². The SMILES string of the molecule is CCCCS(=O)(=O)N1CCc2[nH]c3ccc(C(=O)O)cc3c2C1. The van der Waals surface area contributed by atoms with E-state index in [0.29, 0.717) is 25.9 Å². The van der Waals surface area contributed by atoms with E-state index in [1.807, 2.05) is 6.92 Å². The molecule has 2 heterocycles. The molecule has 0 bridgehead atoms. The van der Waals surface area contributed by atoms with Gasteiger partial charge in [0.2, 0.25) is 10.0 Å². The van der Waals surface area contributed by atoms with Gasteiger partial charge in [-0.05, 0) is 30.2 Å². The molecule has 124 valence electrons. The third-order valence-electron chi connectivity index (χ3n) is 4.34. The summed E-state index contributed by atoms with van der Waals surface area (Å²) in [5.41, 5.74) is 2.97. The Labute approximate surface area is 135 Å². The van der Waals surface area contributed by atoms with Gasteiger partial charge in [0.25, 0.3) is 0 Å². The van der Waals surface area contributed by atoms with Crippen LogP contribution in [0.2, 0.25) is 0 Å². The number of aromatic nitrogens is 1. The number of H-pyrrole nitrogens is 1. The fourth-order valence-electron chi connectivity index (χ4n) is 3.02. The molecule has 2 N–H and O–H groups in total. The Morgan fingerprint density at radius 1 is 1.39 bits per heavy atom. The minimum Gasteiger partial charge on any atom is -0.478 e. The lowest BCUT2D eigenvalue weighted by Gasteiger charge is -2.26. The minimum atomic E-state index is -3.26. The highest BCUT2D eigenvalue weighted by atomic mass is 32.2. The minimum absolute atomic E-state index is 0.168. The van der Waals surface area contributed by atoms with Gasteiger partial charge in [-0.25, -0.2) is 13.2 Å². The molecular formula is C16H20N2O4S. The molecule has 0 saturated carbocycles. The van der Waals surface area contributed by atoms with Crippen LogP contribution in [0.5, 0.6) is 0 Å². The van der Waals surface area contributed by atoms with Crippen molar-refractivity contribution in [2.45, 2.75) is 32.7 Å². The molecule has 7 heteroatoms. The summed E-state index contributed by atoms with van der Waals surface area (Å²) in [7, 11) is -3.26. The Balaban J connectivity index is 1.97. The van der Waals surface area contributed by atoms with Crippen molar-refractivity contribution in [1.82, 2.24) is 9.29 Å². The number of carbonyl (C=O) groups is 1. The third-order valence-corrected chi connectivity index (χ3v) is 6.24. The number of nitrogens with zero attached hydrogens (tertiary/aromatic N) is 1. The maximum Gasteiger partial charge on any atom is 0.335 e. The van der Waals surface area contributed by atoms with Crippen LogP contribution in [0.25, 0.3) is 10.9 Å². The molecule has 0 amide bonds. The van der Waals surface area contributed by atoms with Crippen molar-refractivity contribution in [2.24, 2.45) is 0 Å². The third kappa shape index (κ3) is 2.98. The Morgan fingerprint density at radius 3 is 2.87 bits per heavy atom. The van der Waals surface area contributed by atoms with Gasteiger partial charge in [-0.2, -0.15) is 4.31 Å². The molecule has 1 aliphatic heterocycles. The molecule has 23 heavy (non-hydrogen) atoms. The van der Waals surface area contributed by atoms with Crippen LogP contribution in [0.4, 0.5) is 0 Å². The van der Waals surface area contributed by atoms with Crippen molar-refractivity contribution < 1.29 is 18.3 Å². The number of hydrogen-bond donors (Lipinski definition) is 2. The van der Waals surface area contributed by atoms with Crippen molar-refractivity contribution in [3.05, 3.63) is 35.0 Å². The van der Waals surface area contributed by atoms with Gasteiger partial charge in [0, 0.05) is 36.1 Å². The van der Waals surface area contributed by atoms with Crippen molar-refractivity contribution >= 4 is 26.9 Å². The van der Waals surface area contributed by atoms with E-state index < -0.39 is 16.0 Å². The predicted octanol–water partition coefficient (Wildman–Crippen LogP) is 2.35. The number of carboxylic acids is 1. The zero-order chi connectivity index (χ0) is 16.6. The van der Waals surface area contributed by atoms with Crippen LogP contribution in [0.3, 0.4) is 0 Å². The molecule has 0 aliphatic carbocycles. The Kier molecular flexibility index (Phi) is 4.16. The van der Waals surface area contributed by atoms with Crippen LogP contribution >= 0.6 is 0 Å². The van der Waals surface area contributed by atoms with E-state index in [2.05, 4.69) is 4.98 Å². The van der Waals surface area contributed by atoms with Gasteiger partial charge in [-0.1, -0.05) is 13.3 Å². The number of unbranched alkanes of at least 4 members (excludes halogenated alkanes) is 1. The largest absolute Gasteiger partial charge is 0.478 e. The molecule has 0 fully saturated rings. The van der Waals surface area contributed by atoms with Gasteiger partial charge < -0.3 is 10.1 Å². The number of nitrogens with one attached hydrogen (secondary N) is 1. The zero-order valence-corrected chi connectivity index (χ0v) is 13.8. The van der Waals surface area contributed by atoms with Crippen LogP contribution in [0.1, 0.15) is 41.4 Å². The first-order valence-electron chi connectivity index (χ1n) is 7.77. The van der Waals surface area contributed by atoms with Gasteiger partial charge in [0.1, 0.15) is 0 Å². The van der Waals surface area contributed by atoms with Crippen LogP contribution in [-0.2, 0) is 23.0 Å². The number of benzene rings is 1. The van der Waals surface area contributed by atoms with Crippen LogP contribution in [-0.4, -0.2) is 41.1 Å². The first kappa shape index (κ1) is 16.0. The van der Waals surface area contributed by atoms with E-state index in [0.717, 1.165) is 28.6 Å². The summed E-state index contributed by atoms with van der Waals surface area (Å²) in [6.45, 7) is 2.75. The van der Waals surface area contributed by atoms with Gasteiger partial charge >= 0.3 is 5.97 Å². The number of rotatable bonds is 5. The Bertz CT molecular complexity index is 854. The zero-order valence-electron chi connectivity index (χ0n) is 13.0. The number of aromatic carboxylic acids is 1. The highest BCUT2D eigenvalue weighted by Gasteiger charge is 2.28. The average Bonchev–Trinajstić information content (AvgIpc) is 2.89. The summed E-state index contributed by atoms with van der Waals surface area (Å²) in [4.78, 5) is 14.4. The predicted molar refractivity (Wildman–Crippen MR) is 88.1 cm³/mol. The Hall–Kier alpha value is -1.86. The second-order valence-corrected chi connectivity index (χ2v) is 7.99. The average molecular weight is 336 g/mol. The normalized spacial score (nSPS) is 15.7. The molecule has 6 nitrogen and oxygen atoms in total. The van der Waals surface area contributed by atoms with Crippen molar-refractivity contribution in [2.75, 3.05) is 12.3 Å². The molecule has 3 rings (SSSR count). The molecule has 1 aromatic carbocycles. The molecular weight excluding hydrogens is 316 g/mol. The van der Waals surface area contributed by atoms with Crippen molar-refractivity contribution in [1.29, 1.82) is 0 Å². The highest BCUT2D eigenvalue weighted by Crippen LogP contribution is 2.30. The molecule has 0 spiro atoms. The monoisotopic (exact) mass is 336 g/mol. The van der Waals surface area contributed by atoms with Gasteiger partial charge in [0.15, 0.2) is 0 Å². The van der Waals surface area contributed by atoms with Gasteiger partial charge in [0.05, 0.1) is 11.3 Å².